The fraction of sp³-hybridized carbons (Fsp3) is 0.278. The number of benzene rings is 1. The Kier molecular flexibility index (Phi) is 5.94. The lowest BCUT2D eigenvalue weighted by Crippen LogP contribution is -2.24. The van der Waals surface area contributed by atoms with Gasteiger partial charge in [0.1, 0.15) is 0 Å². The average molecular weight is 376 g/mol. The number of pyridine rings is 1. The Morgan fingerprint density at radius 2 is 2.24 bits per heavy atom. The summed E-state index contributed by atoms with van der Waals surface area (Å²) in [6, 6.07) is 9.13. The van der Waals surface area contributed by atoms with Crippen LogP contribution < -0.4 is 10.2 Å². The van der Waals surface area contributed by atoms with Gasteiger partial charge >= 0.3 is 0 Å². The van der Waals surface area contributed by atoms with Crippen molar-refractivity contribution in [2.45, 2.75) is 18.6 Å². The van der Waals surface area contributed by atoms with Crippen LogP contribution in [0.15, 0.2) is 42.7 Å². The highest BCUT2D eigenvalue weighted by Crippen LogP contribution is 2.30. The third-order valence-electron chi connectivity index (χ3n) is 3.83. The summed E-state index contributed by atoms with van der Waals surface area (Å²) in [5, 5.41) is 3.29. The largest absolute Gasteiger partial charge is 0.324 e. The lowest BCUT2D eigenvalue weighted by atomic mass is 10.2. The van der Waals surface area contributed by atoms with Gasteiger partial charge in [0.2, 0.25) is 11.8 Å². The third-order valence-corrected chi connectivity index (χ3v) is 5.17. The molecule has 1 aromatic carbocycles. The molecule has 0 saturated carbocycles. The predicted molar refractivity (Wildman–Crippen MR) is 102 cm³/mol. The van der Waals surface area contributed by atoms with E-state index in [1.165, 1.54) is 11.8 Å². The number of amides is 2. The Morgan fingerprint density at radius 3 is 2.96 bits per heavy atom. The molecule has 1 N–H and O–H groups in total. The molecule has 2 aromatic rings. The van der Waals surface area contributed by atoms with Gasteiger partial charge in [-0.25, -0.2) is 0 Å². The predicted octanol–water partition coefficient (Wildman–Crippen LogP) is 3.73. The van der Waals surface area contributed by atoms with E-state index in [2.05, 4.69) is 10.3 Å². The zero-order valence-corrected chi connectivity index (χ0v) is 15.1. The lowest BCUT2D eigenvalue weighted by Gasteiger charge is -2.17. The molecule has 1 saturated heterocycles. The van der Waals surface area contributed by atoms with Gasteiger partial charge in [0, 0.05) is 36.8 Å². The monoisotopic (exact) mass is 375 g/mol. The van der Waals surface area contributed by atoms with Crippen LogP contribution >= 0.6 is 23.4 Å². The normalized spacial score (nSPS) is 14.0. The quantitative estimate of drug-likeness (QED) is 0.835. The second kappa shape index (κ2) is 8.36. The van der Waals surface area contributed by atoms with Gasteiger partial charge in [-0.1, -0.05) is 17.7 Å². The maximum atomic E-state index is 12.2. The highest BCUT2D eigenvalue weighted by molar-refractivity contribution is 7.99. The van der Waals surface area contributed by atoms with Gasteiger partial charge in [0.05, 0.1) is 16.5 Å². The van der Waals surface area contributed by atoms with Gasteiger partial charge in [-0.2, -0.15) is 0 Å². The van der Waals surface area contributed by atoms with Crippen LogP contribution in [0.2, 0.25) is 5.02 Å². The van der Waals surface area contributed by atoms with Crippen molar-refractivity contribution in [2.75, 3.05) is 22.5 Å². The number of nitrogens with one attached hydrogen (secondary N) is 1. The van der Waals surface area contributed by atoms with Crippen molar-refractivity contribution in [1.82, 2.24) is 4.98 Å². The average Bonchev–Trinajstić information content (AvgIpc) is 3.04. The van der Waals surface area contributed by atoms with E-state index < -0.39 is 0 Å². The zero-order chi connectivity index (χ0) is 17.6. The van der Waals surface area contributed by atoms with Crippen LogP contribution in [0.3, 0.4) is 0 Å². The Hall–Kier alpha value is -2.05. The smallest absolute Gasteiger partial charge is 0.234 e. The van der Waals surface area contributed by atoms with Crippen molar-refractivity contribution < 1.29 is 9.59 Å². The minimum atomic E-state index is -0.124. The summed E-state index contributed by atoms with van der Waals surface area (Å²) in [4.78, 5) is 29.8. The first-order valence-corrected chi connectivity index (χ1v) is 9.53. The van der Waals surface area contributed by atoms with Gasteiger partial charge in [-0.15, -0.1) is 11.8 Å². The van der Waals surface area contributed by atoms with E-state index in [1.807, 2.05) is 12.1 Å². The summed E-state index contributed by atoms with van der Waals surface area (Å²) in [5.41, 5.74) is 2.38. The summed E-state index contributed by atoms with van der Waals surface area (Å²) in [6.07, 6.45) is 4.93. The minimum Gasteiger partial charge on any atom is -0.324 e. The van der Waals surface area contributed by atoms with Crippen LogP contribution in [0.25, 0.3) is 0 Å². The maximum Gasteiger partial charge on any atom is 0.234 e. The van der Waals surface area contributed by atoms with Crippen molar-refractivity contribution in [2.24, 2.45) is 0 Å². The highest BCUT2D eigenvalue weighted by atomic mass is 35.5. The maximum absolute atomic E-state index is 12.2. The number of carbonyl (C=O) groups is 2. The number of hydrogen-bond acceptors (Lipinski definition) is 4. The van der Waals surface area contributed by atoms with Crippen LogP contribution in [0.5, 0.6) is 0 Å². The minimum absolute atomic E-state index is 0.103. The molecular formula is C18H18ClN3O2S. The number of thioether (sulfide) groups is 1. The van der Waals surface area contributed by atoms with E-state index in [4.69, 9.17) is 11.6 Å². The van der Waals surface area contributed by atoms with Crippen LogP contribution in [-0.4, -0.2) is 29.1 Å². The third kappa shape index (κ3) is 4.74. The molecule has 25 heavy (non-hydrogen) atoms. The van der Waals surface area contributed by atoms with E-state index in [9.17, 15) is 9.59 Å². The number of rotatable bonds is 6. The highest BCUT2D eigenvalue weighted by Gasteiger charge is 2.22. The van der Waals surface area contributed by atoms with Crippen LogP contribution in [0.4, 0.5) is 11.4 Å². The number of halogens is 1. The molecule has 0 bridgehead atoms. The van der Waals surface area contributed by atoms with E-state index in [-0.39, 0.29) is 11.8 Å². The van der Waals surface area contributed by atoms with Crippen molar-refractivity contribution in [3.63, 3.8) is 0 Å². The fourth-order valence-electron chi connectivity index (χ4n) is 2.63. The second-order valence-corrected chi connectivity index (χ2v) is 7.11. The van der Waals surface area contributed by atoms with Crippen LogP contribution in [0, 0.1) is 0 Å². The molecule has 130 valence electrons. The molecule has 3 rings (SSSR count). The molecule has 1 fully saturated rings. The van der Waals surface area contributed by atoms with Gasteiger partial charge in [0.15, 0.2) is 0 Å². The SMILES string of the molecule is O=C(CSCc1cccnc1)Nc1cc(N2CCCC2=O)ccc1Cl. The Morgan fingerprint density at radius 1 is 1.36 bits per heavy atom. The Bertz CT molecular complexity index is 770. The molecule has 1 aromatic heterocycles. The molecule has 0 aliphatic carbocycles. The number of anilines is 2. The van der Waals surface area contributed by atoms with Gasteiger partial charge in [-0.3, -0.25) is 14.6 Å². The van der Waals surface area contributed by atoms with E-state index >= 15 is 0 Å². The molecule has 2 heterocycles. The summed E-state index contributed by atoms with van der Waals surface area (Å²) in [6.45, 7) is 0.703. The topological polar surface area (TPSA) is 62.3 Å². The Labute approximate surface area is 155 Å². The molecular weight excluding hydrogens is 358 g/mol. The van der Waals surface area contributed by atoms with Gasteiger partial charge < -0.3 is 10.2 Å². The summed E-state index contributed by atoms with van der Waals surface area (Å²) < 4.78 is 0. The van der Waals surface area contributed by atoms with Crippen LogP contribution in [-0.2, 0) is 15.3 Å². The van der Waals surface area contributed by atoms with E-state index in [0.29, 0.717) is 29.4 Å². The number of carbonyl (C=O) groups excluding carboxylic acids is 2. The second-order valence-electron chi connectivity index (χ2n) is 5.72. The molecule has 0 radical (unpaired) electrons. The molecule has 0 spiro atoms. The van der Waals surface area contributed by atoms with Crippen LogP contribution in [0.1, 0.15) is 18.4 Å². The fourth-order valence-corrected chi connectivity index (χ4v) is 3.56. The van der Waals surface area contributed by atoms with Crippen molar-refractivity contribution >= 4 is 46.6 Å². The molecule has 0 atom stereocenters. The molecule has 2 amide bonds. The summed E-state index contributed by atoms with van der Waals surface area (Å²) in [5.74, 6) is 1.02. The van der Waals surface area contributed by atoms with Gasteiger partial charge in [-0.05, 0) is 36.2 Å². The van der Waals surface area contributed by atoms with Crippen molar-refractivity contribution in [1.29, 1.82) is 0 Å². The molecule has 7 heteroatoms. The van der Waals surface area contributed by atoms with Crippen molar-refractivity contribution in [3.8, 4) is 0 Å². The van der Waals surface area contributed by atoms with Gasteiger partial charge in [0.25, 0.3) is 0 Å². The van der Waals surface area contributed by atoms with E-state index in [0.717, 1.165) is 23.4 Å². The van der Waals surface area contributed by atoms with Crippen molar-refractivity contribution in [3.05, 3.63) is 53.3 Å². The summed E-state index contributed by atoms with van der Waals surface area (Å²) >= 11 is 7.69. The molecule has 5 nitrogen and oxygen atoms in total. The molecule has 1 aliphatic rings. The first kappa shape index (κ1) is 17.8. The first-order valence-electron chi connectivity index (χ1n) is 8.00. The standard InChI is InChI=1S/C18H18ClN3O2S/c19-15-6-5-14(22-8-2-4-18(22)24)9-16(15)21-17(23)12-25-11-13-3-1-7-20-10-13/h1,3,5-7,9-10H,2,4,8,11-12H2,(H,21,23). The Balaban J connectivity index is 1.58. The molecule has 1 aliphatic heterocycles. The first-order chi connectivity index (χ1) is 12.1. The zero-order valence-electron chi connectivity index (χ0n) is 13.6. The number of nitrogens with zero attached hydrogens (tertiary/aromatic N) is 2. The lowest BCUT2D eigenvalue weighted by molar-refractivity contribution is -0.117. The molecule has 0 unspecified atom stereocenters. The number of aromatic nitrogens is 1. The van der Waals surface area contributed by atoms with E-state index in [1.54, 1.807) is 35.5 Å². The number of hydrogen-bond donors (Lipinski definition) is 1. The summed E-state index contributed by atoms with van der Waals surface area (Å²) in [7, 11) is 0.